The average Bonchev–Trinajstić information content (AvgIpc) is 3.25. The van der Waals surface area contributed by atoms with Crippen LogP contribution in [-0.2, 0) is 5.41 Å². The van der Waals surface area contributed by atoms with E-state index in [9.17, 15) is 0 Å². The van der Waals surface area contributed by atoms with Gasteiger partial charge in [-0.1, -0.05) is 56.6 Å². The molecule has 0 unspecified atom stereocenters. The molecule has 33 heavy (non-hydrogen) atoms. The van der Waals surface area contributed by atoms with Crippen LogP contribution in [0, 0.1) is 0 Å². The van der Waals surface area contributed by atoms with Gasteiger partial charge in [-0.2, -0.15) is 5.10 Å². The molecular weight excluding hydrogens is 432 g/mol. The first-order valence-corrected chi connectivity index (χ1v) is 11.9. The summed E-state index contributed by atoms with van der Waals surface area (Å²) in [5.41, 5.74) is 5.70. The smallest absolute Gasteiger partial charge is 0.213 e. The Bertz CT molecular complexity index is 1180. The topological polar surface area (TPSA) is 34.1 Å². The summed E-state index contributed by atoms with van der Waals surface area (Å²) < 4.78 is 12.1. The third-order valence-electron chi connectivity index (χ3n) is 6.31. The van der Waals surface area contributed by atoms with Crippen molar-refractivity contribution in [1.82, 2.24) is 5.01 Å². The van der Waals surface area contributed by atoms with Gasteiger partial charge in [-0.15, -0.1) is 0 Å². The summed E-state index contributed by atoms with van der Waals surface area (Å²) in [4.78, 5) is 0. The average molecular weight is 461 g/mol. The van der Waals surface area contributed by atoms with Crippen LogP contribution in [0.5, 0.6) is 11.5 Å². The van der Waals surface area contributed by atoms with E-state index in [1.807, 2.05) is 37.3 Å². The van der Waals surface area contributed by atoms with Crippen molar-refractivity contribution in [1.29, 1.82) is 0 Å². The van der Waals surface area contributed by atoms with Gasteiger partial charge in [-0.05, 0) is 65.9 Å². The van der Waals surface area contributed by atoms with Crippen LogP contribution in [0.2, 0.25) is 5.02 Å². The van der Waals surface area contributed by atoms with Crippen molar-refractivity contribution in [3.8, 4) is 11.5 Å². The highest BCUT2D eigenvalue weighted by atomic mass is 35.5. The van der Waals surface area contributed by atoms with Gasteiger partial charge in [0.15, 0.2) is 0 Å². The zero-order valence-corrected chi connectivity index (χ0v) is 20.3. The molecule has 0 amide bonds. The van der Waals surface area contributed by atoms with E-state index in [2.05, 4.69) is 62.2 Å². The van der Waals surface area contributed by atoms with Gasteiger partial charge in [0.2, 0.25) is 6.23 Å². The second kappa shape index (κ2) is 8.42. The van der Waals surface area contributed by atoms with E-state index in [-0.39, 0.29) is 17.7 Å². The molecular formula is C28H29ClN2O2. The number of benzene rings is 3. The van der Waals surface area contributed by atoms with E-state index in [1.165, 1.54) is 5.56 Å². The largest absolute Gasteiger partial charge is 0.494 e. The Kier molecular flexibility index (Phi) is 5.57. The lowest BCUT2D eigenvalue weighted by atomic mass is 9.86. The summed E-state index contributed by atoms with van der Waals surface area (Å²) >= 11 is 6.36. The molecule has 5 heteroatoms. The van der Waals surface area contributed by atoms with Crippen molar-refractivity contribution in [2.45, 2.75) is 51.8 Å². The standard InChI is InChI=1S/C28H29ClN2O2/c1-5-32-22-13-8-18(9-14-22)24-17-25-23-16-21(29)12-15-26(23)33-27(31(25)30-24)19-6-10-20(11-7-19)28(2,3)4/h6-16,25,27H,5,17H2,1-4H3/t25-,27-/m1/s1. The summed E-state index contributed by atoms with van der Waals surface area (Å²) in [6, 6.07) is 22.8. The van der Waals surface area contributed by atoms with Gasteiger partial charge in [0, 0.05) is 22.6 Å². The Morgan fingerprint density at radius 2 is 1.76 bits per heavy atom. The molecule has 0 aromatic heterocycles. The zero-order valence-electron chi connectivity index (χ0n) is 19.5. The second-order valence-electron chi connectivity index (χ2n) is 9.63. The van der Waals surface area contributed by atoms with Crippen LogP contribution in [0.15, 0.2) is 71.8 Å². The lowest BCUT2D eigenvalue weighted by Gasteiger charge is -2.38. The molecule has 2 atom stereocenters. The number of hydrazone groups is 1. The van der Waals surface area contributed by atoms with Gasteiger partial charge in [-0.3, -0.25) is 0 Å². The fraction of sp³-hybridized carbons (Fsp3) is 0.321. The molecule has 0 fully saturated rings. The minimum Gasteiger partial charge on any atom is -0.494 e. The molecule has 0 N–H and O–H groups in total. The Morgan fingerprint density at radius 1 is 1.03 bits per heavy atom. The maximum atomic E-state index is 6.49. The third-order valence-corrected chi connectivity index (χ3v) is 6.55. The van der Waals surface area contributed by atoms with E-state index >= 15 is 0 Å². The summed E-state index contributed by atoms with van der Waals surface area (Å²) in [6.45, 7) is 9.32. The molecule has 0 aliphatic carbocycles. The van der Waals surface area contributed by atoms with Crippen LogP contribution < -0.4 is 9.47 Å². The van der Waals surface area contributed by atoms with Crippen LogP contribution in [0.3, 0.4) is 0 Å². The number of halogens is 1. The van der Waals surface area contributed by atoms with E-state index in [1.54, 1.807) is 0 Å². The molecule has 0 bridgehead atoms. The summed E-state index contributed by atoms with van der Waals surface area (Å²) in [7, 11) is 0. The first-order valence-electron chi connectivity index (χ1n) is 11.5. The quantitative estimate of drug-likeness (QED) is 0.410. The highest BCUT2D eigenvalue weighted by molar-refractivity contribution is 6.30. The van der Waals surface area contributed by atoms with Gasteiger partial charge in [0.05, 0.1) is 18.4 Å². The minimum absolute atomic E-state index is 0.0707. The van der Waals surface area contributed by atoms with Gasteiger partial charge in [-0.25, -0.2) is 5.01 Å². The minimum atomic E-state index is -0.294. The molecule has 5 rings (SSSR count). The van der Waals surface area contributed by atoms with Crippen LogP contribution in [0.1, 0.15) is 68.6 Å². The molecule has 0 saturated carbocycles. The van der Waals surface area contributed by atoms with Gasteiger partial charge >= 0.3 is 0 Å². The van der Waals surface area contributed by atoms with E-state index < -0.39 is 0 Å². The Morgan fingerprint density at radius 3 is 2.42 bits per heavy atom. The maximum Gasteiger partial charge on any atom is 0.213 e. The number of rotatable bonds is 4. The van der Waals surface area contributed by atoms with E-state index in [0.29, 0.717) is 11.6 Å². The van der Waals surface area contributed by atoms with E-state index in [0.717, 1.165) is 40.3 Å². The predicted octanol–water partition coefficient (Wildman–Crippen LogP) is 7.28. The monoisotopic (exact) mass is 460 g/mol. The lowest BCUT2D eigenvalue weighted by molar-refractivity contribution is -0.0190. The molecule has 2 aliphatic rings. The normalized spacial score (nSPS) is 19.4. The summed E-state index contributed by atoms with van der Waals surface area (Å²) in [5.74, 6) is 1.74. The molecule has 0 spiro atoms. The maximum absolute atomic E-state index is 6.49. The Labute approximate surface area is 200 Å². The van der Waals surface area contributed by atoms with Crippen molar-refractivity contribution in [3.63, 3.8) is 0 Å². The number of fused-ring (bicyclic) bond motifs is 3. The highest BCUT2D eigenvalue weighted by Crippen LogP contribution is 2.48. The molecule has 2 heterocycles. The van der Waals surface area contributed by atoms with Gasteiger partial charge in [0.1, 0.15) is 11.5 Å². The number of ether oxygens (including phenoxy) is 2. The summed E-state index contributed by atoms with van der Waals surface area (Å²) in [5, 5.41) is 7.86. The fourth-order valence-electron chi connectivity index (χ4n) is 4.51. The summed E-state index contributed by atoms with van der Waals surface area (Å²) in [6.07, 6.45) is 0.499. The highest BCUT2D eigenvalue weighted by Gasteiger charge is 2.41. The van der Waals surface area contributed by atoms with Crippen LogP contribution in [0.4, 0.5) is 0 Å². The first-order chi connectivity index (χ1) is 15.8. The Balaban J connectivity index is 1.52. The number of hydrogen-bond acceptors (Lipinski definition) is 4. The number of hydrogen-bond donors (Lipinski definition) is 0. The lowest BCUT2D eigenvalue weighted by Crippen LogP contribution is -2.33. The molecule has 0 saturated heterocycles. The predicted molar refractivity (Wildman–Crippen MR) is 133 cm³/mol. The number of nitrogens with zero attached hydrogens (tertiary/aromatic N) is 2. The molecule has 170 valence electrons. The van der Waals surface area contributed by atoms with Crippen LogP contribution in [-0.4, -0.2) is 17.3 Å². The first kappa shape index (κ1) is 21.8. The van der Waals surface area contributed by atoms with Crippen LogP contribution >= 0.6 is 11.6 Å². The Hall–Kier alpha value is -2.98. The van der Waals surface area contributed by atoms with Crippen molar-refractivity contribution >= 4 is 17.3 Å². The van der Waals surface area contributed by atoms with Crippen molar-refractivity contribution in [3.05, 3.63) is 94.0 Å². The molecule has 3 aromatic carbocycles. The van der Waals surface area contributed by atoms with Gasteiger partial charge < -0.3 is 9.47 Å². The molecule has 2 aliphatic heterocycles. The molecule has 3 aromatic rings. The molecule has 0 radical (unpaired) electrons. The second-order valence-corrected chi connectivity index (χ2v) is 10.1. The molecule has 4 nitrogen and oxygen atoms in total. The van der Waals surface area contributed by atoms with Gasteiger partial charge in [0.25, 0.3) is 0 Å². The SMILES string of the molecule is CCOc1ccc(C2=NN3[C@H](C2)c2cc(Cl)ccc2O[C@@H]3c2ccc(C(C)(C)C)cc2)cc1. The zero-order chi connectivity index (χ0) is 23.2. The fourth-order valence-corrected chi connectivity index (χ4v) is 4.69. The third kappa shape index (κ3) is 4.20. The van der Waals surface area contributed by atoms with Crippen LogP contribution in [0.25, 0.3) is 0 Å². The van der Waals surface area contributed by atoms with Crippen molar-refractivity contribution < 1.29 is 9.47 Å². The van der Waals surface area contributed by atoms with Crippen molar-refractivity contribution in [2.75, 3.05) is 6.61 Å². The van der Waals surface area contributed by atoms with Crippen molar-refractivity contribution in [2.24, 2.45) is 5.10 Å². The van der Waals surface area contributed by atoms with E-state index in [4.69, 9.17) is 26.2 Å².